The van der Waals surface area contributed by atoms with Crippen LogP contribution in [0.15, 0.2) is 23.1 Å². The van der Waals surface area contributed by atoms with Crippen molar-refractivity contribution in [2.45, 2.75) is 51.5 Å². The van der Waals surface area contributed by atoms with E-state index in [1.807, 2.05) is 20.8 Å². The van der Waals surface area contributed by atoms with Gasteiger partial charge in [0.2, 0.25) is 15.9 Å². The number of rotatable bonds is 5. The van der Waals surface area contributed by atoms with Crippen LogP contribution in [-0.4, -0.2) is 43.3 Å². The van der Waals surface area contributed by atoms with Gasteiger partial charge in [0.05, 0.1) is 20.1 Å². The zero-order valence-corrected chi connectivity index (χ0v) is 17.9. The zero-order chi connectivity index (χ0) is 19.8. The Hall–Kier alpha value is -1.51. The maximum Gasteiger partial charge on any atom is 0.241 e. The number of hydrogen-bond donors (Lipinski definition) is 1. The maximum atomic E-state index is 13.0. The number of aromatic nitrogens is 1. The molecule has 6 nitrogen and oxygen atoms in total. The quantitative estimate of drug-likeness (QED) is 0.823. The number of sulfonamides is 1. The summed E-state index contributed by atoms with van der Waals surface area (Å²) in [6, 6.07) is 4.13. The van der Waals surface area contributed by atoms with Crippen molar-refractivity contribution < 1.29 is 13.2 Å². The summed E-state index contributed by atoms with van der Waals surface area (Å²) >= 11 is 1.46. The van der Waals surface area contributed by atoms with Crippen molar-refractivity contribution in [1.82, 2.24) is 14.6 Å². The molecular weight excluding hydrogens is 382 g/mol. The molecule has 2 aromatic rings. The smallest absolute Gasteiger partial charge is 0.241 e. The van der Waals surface area contributed by atoms with Gasteiger partial charge in [-0.05, 0) is 49.8 Å². The number of piperidine rings is 1. The van der Waals surface area contributed by atoms with E-state index in [2.05, 4.69) is 16.6 Å². The highest BCUT2D eigenvalue weighted by Crippen LogP contribution is 2.25. The van der Waals surface area contributed by atoms with E-state index >= 15 is 0 Å². The molecule has 1 atom stereocenters. The first-order valence-corrected chi connectivity index (χ1v) is 11.7. The average Bonchev–Trinajstić information content (AvgIpc) is 2.98. The molecule has 1 aromatic carbocycles. The van der Waals surface area contributed by atoms with E-state index in [1.165, 1.54) is 11.3 Å². The number of likely N-dealkylation sites (tertiary alicyclic amines) is 1. The maximum absolute atomic E-state index is 13.0. The fraction of sp³-hybridized carbons (Fsp3) is 0.579. The monoisotopic (exact) mass is 409 g/mol. The lowest BCUT2D eigenvalue weighted by atomic mass is 9.97. The Bertz CT molecular complexity index is 929. The average molecular weight is 410 g/mol. The molecule has 0 spiro atoms. The van der Waals surface area contributed by atoms with Crippen molar-refractivity contribution >= 4 is 37.5 Å². The minimum atomic E-state index is -3.80. The van der Waals surface area contributed by atoms with Crippen molar-refractivity contribution in [3.8, 4) is 0 Å². The number of thiazole rings is 1. The molecule has 1 amide bonds. The van der Waals surface area contributed by atoms with E-state index in [4.69, 9.17) is 0 Å². The molecule has 1 aliphatic rings. The van der Waals surface area contributed by atoms with Crippen molar-refractivity contribution in [3.05, 3.63) is 23.2 Å². The van der Waals surface area contributed by atoms with Crippen molar-refractivity contribution in [3.63, 3.8) is 0 Å². The number of aryl methyl sites for hydroxylation is 1. The summed E-state index contributed by atoms with van der Waals surface area (Å²) in [5, 5.41) is 0.891. The number of nitrogens with one attached hydrogen (secondary N) is 1. The number of carbonyl (C=O) groups excluding carboxylic acids is 1. The van der Waals surface area contributed by atoms with Gasteiger partial charge in [-0.3, -0.25) is 4.79 Å². The SMILES string of the molecule is Cc1nc2ccc(S(=O)(=O)N[C@H](C(=O)N3CCC(C)CC3)C(C)C)cc2s1. The predicted octanol–water partition coefficient (Wildman–Crippen LogP) is 3.17. The summed E-state index contributed by atoms with van der Waals surface area (Å²) in [5.74, 6) is 0.342. The highest BCUT2D eigenvalue weighted by atomic mass is 32.2. The third-order valence-corrected chi connectivity index (χ3v) is 7.46. The van der Waals surface area contributed by atoms with Crippen LogP contribution in [0.25, 0.3) is 10.2 Å². The lowest BCUT2D eigenvalue weighted by Crippen LogP contribution is -2.52. The van der Waals surface area contributed by atoms with Crippen LogP contribution in [0.5, 0.6) is 0 Å². The minimum Gasteiger partial charge on any atom is -0.341 e. The summed E-state index contributed by atoms with van der Waals surface area (Å²) in [6.45, 7) is 9.20. The standard InChI is InChI=1S/C19H27N3O3S2/c1-12(2)18(19(23)22-9-7-13(3)8-10-22)21-27(24,25)15-5-6-16-17(11-15)26-14(4)20-16/h5-6,11-13,18,21H,7-10H2,1-4H3/t18-/m0/s1. The molecule has 0 bridgehead atoms. The van der Waals surface area contributed by atoms with E-state index in [-0.39, 0.29) is 16.7 Å². The van der Waals surface area contributed by atoms with E-state index in [1.54, 1.807) is 23.1 Å². The first-order valence-electron chi connectivity index (χ1n) is 9.35. The van der Waals surface area contributed by atoms with Crippen LogP contribution in [0.2, 0.25) is 0 Å². The van der Waals surface area contributed by atoms with Crippen molar-refractivity contribution in [2.24, 2.45) is 11.8 Å². The van der Waals surface area contributed by atoms with Gasteiger partial charge < -0.3 is 4.90 Å². The molecule has 0 radical (unpaired) electrons. The van der Waals surface area contributed by atoms with Crippen molar-refractivity contribution in [2.75, 3.05) is 13.1 Å². The van der Waals surface area contributed by atoms with E-state index in [0.29, 0.717) is 19.0 Å². The van der Waals surface area contributed by atoms with Crippen LogP contribution in [0.3, 0.4) is 0 Å². The molecule has 1 N–H and O–H groups in total. The van der Waals surface area contributed by atoms with Crippen LogP contribution in [-0.2, 0) is 14.8 Å². The highest BCUT2D eigenvalue weighted by molar-refractivity contribution is 7.89. The fourth-order valence-electron chi connectivity index (χ4n) is 3.32. The van der Waals surface area contributed by atoms with Gasteiger partial charge in [0.25, 0.3) is 0 Å². The predicted molar refractivity (Wildman–Crippen MR) is 108 cm³/mol. The fourth-order valence-corrected chi connectivity index (χ4v) is 5.62. The molecule has 1 aromatic heterocycles. The molecule has 3 rings (SSSR count). The van der Waals surface area contributed by atoms with Gasteiger partial charge in [0.1, 0.15) is 6.04 Å². The molecule has 0 aliphatic carbocycles. The third kappa shape index (κ3) is 4.50. The number of amides is 1. The summed E-state index contributed by atoms with van der Waals surface area (Å²) in [5.41, 5.74) is 0.787. The normalized spacial score (nSPS) is 17.6. The molecular formula is C19H27N3O3S2. The van der Waals surface area contributed by atoms with Gasteiger partial charge >= 0.3 is 0 Å². The summed E-state index contributed by atoms with van der Waals surface area (Å²) in [6.07, 6.45) is 1.93. The molecule has 0 unspecified atom stereocenters. The van der Waals surface area contributed by atoms with Crippen LogP contribution in [0, 0.1) is 18.8 Å². The Labute approximate surface area is 165 Å². The lowest BCUT2D eigenvalue weighted by molar-refractivity contribution is -0.135. The first-order chi connectivity index (χ1) is 12.7. The van der Waals surface area contributed by atoms with Gasteiger partial charge in [0, 0.05) is 13.1 Å². The van der Waals surface area contributed by atoms with Crippen LogP contribution in [0.4, 0.5) is 0 Å². The number of fused-ring (bicyclic) bond motifs is 1. The summed E-state index contributed by atoms with van der Waals surface area (Å²) in [7, 11) is -3.80. The van der Waals surface area contributed by atoms with Crippen LogP contribution >= 0.6 is 11.3 Å². The molecule has 1 fully saturated rings. The molecule has 2 heterocycles. The Balaban J connectivity index is 1.82. The molecule has 148 valence electrons. The Morgan fingerprint density at radius 3 is 2.59 bits per heavy atom. The number of carbonyl (C=O) groups is 1. The lowest BCUT2D eigenvalue weighted by Gasteiger charge is -2.34. The molecule has 27 heavy (non-hydrogen) atoms. The van der Waals surface area contributed by atoms with Gasteiger partial charge in [-0.15, -0.1) is 11.3 Å². The second-order valence-corrected chi connectivity index (χ2v) is 10.7. The molecule has 1 saturated heterocycles. The third-order valence-electron chi connectivity index (χ3n) is 5.09. The van der Waals surface area contributed by atoms with Gasteiger partial charge in [-0.1, -0.05) is 20.8 Å². The Kier molecular flexibility index (Phi) is 5.88. The molecule has 8 heteroatoms. The second kappa shape index (κ2) is 7.85. The summed E-state index contributed by atoms with van der Waals surface area (Å²) in [4.78, 5) is 19.3. The molecule has 0 saturated carbocycles. The highest BCUT2D eigenvalue weighted by Gasteiger charge is 2.33. The van der Waals surface area contributed by atoms with E-state index < -0.39 is 16.1 Å². The number of hydrogen-bond acceptors (Lipinski definition) is 5. The van der Waals surface area contributed by atoms with Gasteiger partial charge in [0.15, 0.2) is 0 Å². The minimum absolute atomic E-state index is 0.129. The largest absolute Gasteiger partial charge is 0.341 e. The topological polar surface area (TPSA) is 79.4 Å². The summed E-state index contributed by atoms with van der Waals surface area (Å²) < 4.78 is 29.4. The Morgan fingerprint density at radius 2 is 1.96 bits per heavy atom. The van der Waals surface area contributed by atoms with E-state index in [9.17, 15) is 13.2 Å². The van der Waals surface area contributed by atoms with Gasteiger partial charge in [-0.25, -0.2) is 13.4 Å². The number of nitrogens with zero attached hydrogens (tertiary/aromatic N) is 2. The zero-order valence-electron chi connectivity index (χ0n) is 16.2. The van der Waals surface area contributed by atoms with Crippen LogP contribution in [0.1, 0.15) is 38.6 Å². The van der Waals surface area contributed by atoms with Crippen molar-refractivity contribution in [1.29, 1.82) is 0 Å². The Morgan fingerprint density at radius 1 is 1.30 bits per heavy atom. The first kappa shape index (κ1) is 20.2. The second-order valence-electron chi connectivity index (χ2n) is 7.71. The van der Waals surface area contributed by atoms with Crippen LogP contribution < -0.4 is 4.72 Å². The van der Waals surface area contributed by atoms with E-state index in [0.717, 1.165) is 28.1 Å². The molecule has 1 aliphatic heterocycles. The number of benzene rings is 1. The van der Waals surface area contributed by atoms with Gasteiger partial charge in [-0.2, -0.15) is 4.72 Å².